The highest BCUT2D eigenvalue weighted by molar-refractivity contribution is 9.10. The van der Waals surface area contributed by atoms with Crippen LogP contribution in [0.1, 0.15) is 17.0 Å². The largest absolute Gasteiger partial charge is 0.348 e. The minimum atomic E-state index is -0.939. The Labute approximate surface area is 117 Å². The number of aryl methyl sites for hydroxylation is 1. The Kier molecular flexibility index (Phi) is 3.80. The molecule has 1 aromatic carbocycles. The smallest absolute Gasteiger partial charge is 0.291 e. The molecule has 0 aliphatic carbocycles. The highest BCUT2D eigenvalue weighted by Gasteiger charge is 2.13. The van der Waals surface area contributed by atoms with Crippen LogP contribution in [0.15, 0.2) is 27.5 Å². The van der Waals surface area contributed by atoms with Crippen LogP contribution >= 0.6 is 15.9 Å². The van der Waals surface area contributed by atoms with Crippen molar-refractivity contribution in [3.63, 3.8) is 0 Å². The molecule has 0 amide bonds. The van der Waals surface area contributed by atoms with Crippen molar-refractivity contribution in [3.05, 3.63) is 61.7 Å². The first-order valence-corrected chi connectivity index (χ1v) is 6.37. The van der Waals surface area contributed by atoms with Gasteiger partial charge in [-0.1, -0.05) is 12.1 Å². The summed E-state index contributed by atoms with van der Waals surface area (Å²) in [5.41, 5.74) is 0.823. The minimum Gasteiger partial charge on any atom is -0.291 e. The number of nitrogens with zero attached hydrogens (tertiary/aromatic N) is 2. The summed E-state index contributed by atoms with van der Waals surface area (Å²) in [4.78, 5) is 15.7. The van der Waals surface area contributed by atoms with E-state index in [1.807, 2.05) is 0 Å². The van der Waals surface area contributed by atoms with E-state index in [1.54, 1.807) is 13.8 Å². The van der Waals surface area contributed by atoms with Crippen LogP contribution in [0.4, 0.5) is 8.78 Å². The van der Waals surface area contributed by atoms with Crippen LogP contribution in [0, 0.1) is 25.5 Å². The lowest BCUT2D eigenvalue weighted by atomic mass is 10.2. The number of hydrogen-bond acceptors (Lipinski definition) is 2. The molecule has 0 bridgehead atoms. The van der Waals surface area contributed by atoms with E-state index in [1.165, 1.54) is 16.7 Å². The molecule has 19 heavy (non-hydrogen) atoms. The van der Waals surface area contributed by atoms with Gasteiger partial charge in [0.1, 0.15) is 0 Å². The van der Waals surface area contributed by atoms with Gasteiger partial charge in [0.05, 0.1) is 16.7 Å². The van der Waals surface area contributed by atoms with E-state index in [0.29, 0.717) is 15.9 Å². The fourth-order valence-electron chi connectivity index (χ4n) is 1.80. The lowest BCUT2D eigenvalue weighted by Crippen LogP contribution is -2.27. The standard InChI is InChI=1S/C13H11BrF2N2O/c1-7-11(14)8(2)18(13(19)17-7)6-9-4-3-5-10(15)12(9)16/h3-5H,6H2,1-2H3. The molecule has 1 heterocycles. The highest BCUT2D eigenvalue weighted by atomic mass is 79.9. The molecule has 0 aliphatic rings. The van der Waals surface area contributed by atoms with E-state index >= 15 is 0 Å². The van der Waals surface area contributed by atoms with Gasteiger partial charge < -0.3 is 0 Å². The normalized spacial score (nSPS) is 10.8. The first-order chi connectivity index (χ1) is 8.91. The molecule has 0 saturated carbocycles. The summed E-state index contributed by atoms with van der Waals surface area (Å²) in [5.74, 6) is -1.87. The molecule has 100 valence electrons. The summed E-state index contributed by atoms with van der Waals surface area (Å²) < 4.78 is 28.7. The predicted octanol–water partition coefficient (Wildman–Crippen LogP) is 2.95. The molecule has 0 spiro atoms. The first kappa shape index (κ1) is 13.9. The van der Waals surface area contributed by atoms with Gasteiger partial charge in [-0.25, -0.2) is 13.6 Å². The number of halogens is 3. The second-order valence-electron chi connectivity index (χ2n) is 4.18. The van der Waals surface area contributed by atoms with Crippen LogP contribution < -0.4 is 5.69 Å². The molecule has 0 saturated heterocycles. The lowest BCUT2D eigenvalue weighted by molar-refractivity contribution is 0.493. The molecule has 0 aliphatic heterocycles. The maximum atomic E-state index is 13.6. The third-order valence-electron chi connectivity index (χ3n) is 2.89. The van der Waals surface area contributed by atoms with Crippen molar-refractivity contribution in [1.82, 2.24) is 9.55 Å². The van der Waals surface area contributed by atoms with Crippen LogP contribution in [0.2, 0.25) is 0 Å². The van der Waals surface area contributed by atoms with Gasteiger partial charge in [0.15, 0.2) is 11.6 Å². The van der Waals surface area contributed by atoms with Crippen LogP contribution in [0.5, 0.6) is 0 Å². The Morgan fingerprint density at radius 1 is 1.32 bits per heavy atom. The average Bonchev–Trinajstić information content (AvgIpc) is 2.37. The summed E-state index contributed by atoms with van der Waals surface area (Å²) in [7, 11) is 0. The van der Waals surface area contributed by atoms with Crippen LogP contribution in [-0.2, 0) is 6.54 Å². The van der Waals surface area contributed by atoms with Crippen molar-refractivity contribution in [2.24, 2.45) is 0 Å². The van der Waals surface area contributed by atoms with Crippen molar-refractivity contribution in [3.8, 4) is 0 Å². The number of rotatable bonds is 2. The Hall–Kier alpha value is -1.56. The van der Waals surface area contributed by atoms with Crippen molar-refractivity contribution in [2.75, 3.05) is 0 Å². The van der Waals surface area contributed by atoms with Crippen LogP contribution in [-0.4, -0.2) is 9.55 Å². The molecule has 6 heteroatoms. The average molecular weight is 329 g/mol. The maximum Gasteiger partial charge on any atom is 0.348 e. The van der Waals surface area contributed by atoms with Gasteiger partial charge in [0.25, 0.3) is 0 Å². The van der Waals surface area contributed by atoms with Gasteiger partial charge >= 0.3 is 5.69 Å². The topological polar surface area (TPSA) is 34.9 Å². The summed E-state index contributed by atoms with van der Waals surface area (Å²) in [5, 5.41) is 0. The molecule has 3 nitrogen and oxygen atoms in total. The molecular weight excluding hydrogens is 318 g/mol. The molecule has 1 aromatic heterocycles. The fraction of sp³-hybridized carbons (Fsp3) is 0.231. The summed E-state index contributed by atoms with van der Waals surface area (Å²) in [6.45, 7) is 3.36. The third kappa shape index (κ3) is 2.58. The van der Waals surface area contributed by atoms with Crippen molar-refractivity contribution < 1.29 is 8.78 Å². The van der Waals surface area contributed by atoms with Gasteiger partial charge in [0.2, 0.25) is 0 Å². The number of aromatic nitrogens is 2. The van der Waals surface area contributed by atoms with E-state index in [9.17, 15) is 13.6 Å². The third-order valence-corrected chi connectivity index (χ3v) is 4.04. The van der Waals surface area contributed by atoms with Gasteiger partial charge in [-0.2, -0.15) is 4.98 Å². The highest BCUT2D eigenvalue weighted by Crippen LogP contribution is 2.18. The Morgan fingerprint density at radius 2 is 2.00 bits per heavy atom. The van der Waals surface area contributed by atoms with E-state index in [2.05, 4.69) is 20.9 Å². The monoisotopic (exact) mass is 328 g/mol. The summed E-state index contributed by atoms with van der Waals surface area (Å²) >= 11 is 3.32. The SMILES string of the molecule is Cc1nc(=O)n(Cc2cccc(F)c2F)c(C)c1Br. The maximum absolute atomic E-state index is 13.6. The Balaban J connectivity index is 2.53. The zero-order chi connectivity index (χ0) is 14.2. The second kappa shape index (κ2) is 5.21. The van der Waals surface area contributed by atoms with Gasteiger partial charge in [-0.15, -0.1) is 0 Å². The zero-order valence-corrected chi connectivity index (χ0v) is 12.0. The Morgan fingerprint density at radius 3 is 2.68 bits per heavy atom. The van der Waals surface area contributed by atoms with Gasteiger partial charge in [-0.05, 0) is 35.8 Å². The molecule has 2 aromatic rings. The molecule has 0 radical (unpaired) electrons. The van der Waals surface area contributed by atoms with Gasteiger partial charge in [-0.3, -0.25) is 4.57 Å². The lowest BCUT2D eigenvalue weighted by Gasteiger charge is -2.12. The summed E-state index contributed by atoms with van der Waals surface area (Å²) in [6.07, 6.45) is 0. The van der Waals surface area contributed by atoms with Crippen LogP contribution in [0.25, 0.3) is 0 Å². The number of benzene rings is 1. The Bertz CT molecular complexity index is 698. The van der Waals surface area contributed by atoms with Crippen molar-refractivity contribution in [2.45, 2.75) is 20.4 Å². The van der Waals surface area contributed by atoms with Crippen molar-refractivity contribution in [1.29, 1.82) is 0 Å². The molecule has 2 rings (SSSR count). The fourth-order valence-corrected chi connectivity index (χ4v) is 2.11. The van der Waals surface area contributed by atoms with E-state index < -0.39 is 17.3 Å². The van der Waals surface area contributed by atoms with Crippen LogP contribution in [0.3, 0.4) is 0 Å². The quantitative estimate of drug-likeness (QED) is 0.849. The minimum absolute atomic E-state index is 0.0554. The molecule has 0 fully saturated rings. The molecule has 0 atom stereocenters. The zero-order valence-electron chi connectivity index (χ0n) is 10.4. The molecule has 0 unspecified atom stereocenters. The van der Waals surface area contributed by atoms with E-state index in [-0.39, 0.29) is 12.1 Å². The van der Waals surface area contributed by atoms with E-state index in [4.69, 9.17) is 0 Å². The predicted molar refractivity (Wildman–Crippen MR) is 71.1 cm³/mol. The molecular formula is C13H11BrF2N2O. The molecule has 0 N–H and O–H groups in total. The summed E-state index contributed by atoms with van der Waals surface area (Å²) in [6, 6.07) is 3.89. The van der Waals surface area contributed by atoms with Crippen molar-refractivity contribution >= 4 is 15.9 Å². The second-order valence-corrected chi connectivity index (χ2v) is 4.97. The first-order valence-electron chi connectivity index (χ1n) is 5.58. The van der Waals surface area contributed by atoms with E-state index in [0.717, 1.165) is 6.07 Å². The van der Waals surface area contributed by atoms with Gasteiger partial charge in [0, 0.05) is 11.3 Å². The number of hydrogen-bond donors (Lipinski definition) is 0.